The molecule has 204 valence electrons. The summed E-state index contributed by atoms with van der Waals surface area (Å²) in [6.45, 7) is 6.27. The average Bonchev–Trinajstić information content (AvgIpc) is 2.93. The number of benzene rings is 4. The molecule has 0 saturated carbocycles. The maximum atomic E-state index is 13.5. The predicted octanol–water partition coefficient (Wildman–Crippen LogP) is 8.50. The molecule has 1 aromatic heterocycles. The fraction of sp³-hybridized carbons (Fsp3) is 0.194. The van der Waals surface area contributed by atoms with Gasteiger partial charge in [-0.15, -0.1) is 0 Å². The second-order valence-corrected chi connectivity index (χ2v) is 12.3. The van der Waals surface area contributed by atoms with Gasteiger partial charge in [-0.1, -0.05) is 90.8 Å². The van der Waals surface area contributed by atoms with Gasteiger partial charge in [-0.25, -0.2) is 4.98 Å². The maximum absolute atomic E-state index is 13.5. The van der Waals surface area contributed by atoms with Gasteiger partial charge >= 0.3 is 0 Å². The second kappa shape index (κ2) is 11.4. The van der Waals surface area contributed by atoms with E-state index >= 15 is 0 Å². The molecular weight excluding hydrogens is 658 g/mol. The molecule has 5 rings (SSSR count). The molecule has 0 aliphatic carbocycles. The van der Waals surface area contributed by atoms with Gasteiger partial charge in [0.05, 0.1) is 24.2 Å². The molecule has 40 heavy (non-hydrogen) atoms. The van der Waals surface area contributed by atoms with Crippen molar-refractivity contribution in [1.29, 1.82) is 0 Å². The van der Waals surface area contributed by atoms with Crippen LogP contribution in [-0.4, -0.2) is 23.0 Å². The van der Waals surface area contributed by atoms with Crippen molar-refractivity contribution in [3.63, 3.8) is 0 Å². The summed E-state index contributed by atoms with van der Waals surface area (Å²) in [5.74, 6) is 1.39. The maximum Gasteiger partial charge on any atom is 0.282 e. The number of aromatic nitrogens is 2. The highest BCUT2D eigenvalue weighted by atomic mass is 79.9. The zero-order valence-corrected chi connectivity index (χ0v) is 26.3. The number of halogens is 3. The Kier molecular flexibility index (Phi) is 8.04. The molecule has 0 aliphatic heterocycles. The molecule has 0 atom stereocenters. The van der Waals surface area contributed by atoms with Gasteiger partial charge in [-0.3, -0.25) is 4.79 Å². The smallest absolute Gasteiger partial charge is 0.282 e. The first-order chi connectivity index (χ1) is 19.1. The summed E-state index contributed by atoms with van der Waals surface area (Å²) < 4.78 is 14.5. The molecule has 0 N–H and O–H groups in total. The van der Waals surface area contributed by atoms with Crippen LogP contribution in [0.15, 0.2) is 85.6 Å². The number of methoxy groups -OCH3 is 1. The molecule has 9 heteroatoms. The van der Waals surface area contributed by atoms with Gasteiger partial charge in [-0.2, -0.15) is 9.78 Å². The quantitative estimate of drug-likeness (QED) is 0.169. The number of rotatable bonds is 6. The van der Waals surface area contributed by atoms with Crippen molar-refractivity contribution in [3.05, 3.63) is 108 Å². The lowest BCUT2D eigenvalue weighted by Crippen LogP contribution is -2.29. The lowest BCUT2D eigenvalue weighted by atomic mass is 9.95. The fourth-order valence-electron chi connectivity index (χ4n) is 4.41. The van der Waals surface area contributed by atoms with Crippen LogP contribution in [0.2, 0.25) is 5.02 Å². The van der Waals surface area contributed by atoms with Crippen LogP contribution in [-0.2, 0) is 12.0 Å². The van der Waals surface area contributed by atoms with Gasteiger partial charge < -0.3 is 9.47 Å². The van der Waals surface area contributed by atoms with Crippen LogP contribution in [0, 0.1) is 0 Å². The molecule has 1 heterocycles. The Bertz CT molecular complexity index is 1840. The van der Waals surface area contributed by atoms with E-state index in [0.29, 0.717) is 49.9 Å². The summed E-state index contributed by atoms with van der Waals surface area (Å²) in [7, 11) is 1.55. The minimum atomic E-state index is -0.441. The molecule has 5 aromatic rings. The minimum Gasteiger partial charge on any atom is -0.493 e. The molecule has 0 bridgehead atoms. The van der Waals surface area contributed by atoms with E-state index < -0.39 is 5.41 Å². The SMILES string of the molecule is COc1cc(C=Nn2c(C(C)(C)C)nc3ccc(Br)cc3c2=O)c(Br)c(Cl)c1OCc1cccc2ccccc12. The number of hydrogen-bond donors (Lipinski definition) is 0. The molecule has 0 radical (unpaired) electrons. The van der Waals surface area contributed by atoms with Gasteiger partial charge in [0.2, 0.25) is 0 Å². The average molecular weight is 684 g/mol. The fourth-order valence-corrected chi connectivity index (χ4v) is 5.43. The Balaban J connectivity index is 1.54. The van der Waals surface area contributed by atoms with E-state index in [1.807, 2.05) is 57.2 Å². The van der Waals surface area contributed by atoms with Crippen molar-refractivity contribution < 1.29 is 9.47 Å². The molecular formula is C31H26Br2ClN3O3. The zero-order valence-electron chi connectivity index (χ0n) is 22.3. The van der Waals surface area contributed by atoms with E-state index in [1.165, 1.54) is 4.68 Å². The van der Waals surface area contributed by atoms with Gasteiger partial charge in [0.25, 0.3) is 5.56 Å². The van der Waals surface area contributed by atoms with Crippen LogP contribution in [0.3, 0.4) is 0 Å². The van der Waals surface area contributed by atoms with Crippen LogP contribution in [0.25, 0.3) is 21.7 Å². The molecule has 4 aromatic carbocycles. The van der Waals surface area contributed by atoms with Crippen LogP contribution in [0.4, 0.5) is 0 Å². The lowest BCUT2D eigenvalue weighted by Gasteiger charge is -2.21. The lowest BCUT2D eigenvalue weighted by molar-refractivity contribution is 0.285. The third-order valence-corrected chi connectivity index (χ3v) is 8.36. The van der Waals surface area contributed by atoms with Crippen LogP contribution >= 0.6 is 43.5 Å². The van der Waals surface area contributed by atoms with Gasteiger partial charge in [0.1, 0.15) is 17.5 Å². The highest BCUT2D eigenvalue weighted by Crippen LogP contribution is 2.42. The summed E-state index contributed by atoms with van der Waals surface area (Å²) in [5.41, 5.74) is 1.55. The standard InChI is InChI=1S/C31H26Br2ClN3O3/c1-31(2,3)30-36-24-13-12-21(32)15-23(24)29(38)37(30)35-16-20-14-25(39-4)28(27(34)26(20)33)40-17-19-10-7-9-18-8-5-6-11-22(18)19/h5-16H,17H2,1-4H3. The van der Waals surface area contributed by atoms with Crippen molar-refractivity contribution in [3.8, 4) is 11.5 Å². The summed E-state index contributed by atoms with van der Waals surface area (Å²) in [6, 6.07) is 21.5. The van der Waals surface area contributed by atoms with E-state index in [-0.39, 0.29) is 5.56 Å². The van der Waals surface area contributed by atoms with Crippen molar-refractivity contribution in [1.82, 2.24) is 9.66 Å². The molecule has 0 amide bonds. The topological polar surface area (TPSA) is 65.7 Å². The minimum absolute atomic E-state index is 0.267. The molecule has 0 aliphatic rings. The first-order valence-corrected chi connectivity index (χ1v) is 14.5. The first kappa shape index (κ1) is 28.3. The Hall–Kier alpha value is -3.20. The summed E-state index contributed by atoms with van der Waals surface area (Å²) in [5, 5.41) is 7.62. The largest absolute Gasteiger partial charge is 0.493 e. The van der Waals surface area contributed by atoms with E-state index in [2.05, 4.69) is 55.2 Å². The summed E-state index contributed by atoms with van der Waals surface area (Å²) >= 11 is 13.8. The van der Waals surface area contributed by atoms with Crippen molar-refractivity contribution in [2.45, 2.75) is 32.8 Å². The Morgan fingerprint density at radius 1 is 1.02 bits per heavy atom. The zero-order chi connectivity index (χ0) is 28.6. The highest BCUT2D eigenvalue weighted by molar-refractivity contribution is 9.10. The van der Waals surface area contributed by atoms with Crippen molar-refractivity contribution in [2.75, 3.05) is 7.11 Å². The predicted molar refractivity (Wildman–Crippen MR) is 169 cm³/mol. The second-order valence-electron chi connectivity index (χ2n) is 10.3. The number of fused-ring (bicyclic) bond motifs is 2. The molecule has 0 spiro atoms. The van der Waals surface area contributed by atoms with E-state index in [1.54, 1.807) is 25.5 Å². The van der Waals surface area contributed by atoms with Crippen LogP contribution in [0.5, 0.6) is 11.5 Å². The molecule has 6 nitrogen and oxygen atoms in total. The van der Waals surface area contributed by atoms with Gasteiger partial charge in [0.15, 0.2) is 11.5 Å². The van der Waals surface area contributed by atoms with Crippen LogP contribution < -0.4 is 15.0 Å². The Morgan fingerprint density at radius 3 is 2.52 bits per heavy atom. The van der Waals surface area contributed by atoms with Crippen LogP contribution in [0.1, 0.15) is 37.7 Å². The highest BCUT2D eigenvalue weighted by Gasteiger charge is 2.23. The van der Waals surface area contributed by atoms with E-state index in [4.69, 9.17) is 26.1 Å². The summed E-state index contributed by atoms with van der Waals surface area (Å²) in [4.78, 5) is 18.3. The molecule has 0 fully saturated rings. The third kappa shape index (κ3) is 5.53. The molecule has 0 unspecified atom stereocenters. The van der Waals surface area contributed by atoms with Gasteiger partial charge in [0, 0.05) is 19.9 Å². The number of nitrogens with zero attached hydrogens (tertiary/aromatic N) is 3. The third-order valence-electron chi connectivity index (χ3n) is 6.42. The normalized spacial score (nSPS) is 12.0. The van der Waals surface area contributed by atoms with Crippen molar-refractivity contribution in [2.24, 2.45) is 5.10 Å². The van der Waals surface area contributed by atoms with E-state index in [9.17, 15) is 4.79 Å². The Morgan fingerprint density at radius 2 is 1.77 bits per heavy atom. The van der Waals surface area contributed by atoms with Gasteiger partial charge in [-0.05, 0) is 56.5 Å². The van der Waals surface area contributed by atoms with E-state index in [0.717, 1.165) is 20.8 Å². The Labute approximate surface area is 253 Å². The molecule has 0 saturated heterocycles. The summed E-state index contributed by atoms with van der Waals surface area (Å²) in [6.07, 6.45) is 1.56. The first-order valence-electron chi connectivity index (χ1n) is 12.5. The van der Waals surface area contributed by atoms with Crippen molar-refractivity contribution >= 4 is 71.4 Å². The number of hydrogen-bond acceptors (Lipinski definition) is 5. The number of ether oxygens (including phenoxy) is 2. The monoisotopic (exact) mass is 681 g/mol.